The summed E-state index contributed by atoms with van der Waals surface area (Å²) in [6.45, 7) is 4.88. The number of allylic oxidation sites excluding steroid dienone is 1. The van der Waals surface area contributed by atoms with E-state index in [1.165, 1.54) is 5.56 Å². The molecule has 0 radical (unpaired) electrons. The van der Waals surface area contributed by atoms with E-state index in [4.69, 9.17) is 0 Å². The number of aromatic nitrogens is 1. The van der Waals surface area contributed by atoms with Crippen LogP contribution in [-0.4, -0.2) is 15.5 Å². The highest BCUT2D eigenvalue weighted by molar-refractivity contribution is 6.16. The predicted molar refractivity (Wildman–Crippen MR) is 123 cm³/mol. The van der Waals surface area contributed by atoms with Crippen LogP contribution in [0.15, 0.2) is 84.9 Å². The van der Waals surface area contributed by atoms with E-state index < -0.39 is 0 Å². The van der Waals surface area contributed by atoms with Gasteiger partial charge in [0.15, 0.2) is 5.78 Å². The molecule has 4 rings (SSSR count). The first-order chi connectivity index (χ1) is 14.5. The lowest BCUT2D eigenvalue weighted by Gasteiger charge is -2.15. The molecule has 0 aliphatic rings. The lowest BCUT2D eigenvalue weighted by atomic mass is 9.99. The molecule has 0 atom stereocenters. The van der Waals surface area contributed by atoms with Crippen LogP contribution in [0.2, 0.25) is 0 Å². The largest absolute Gasteiger partial charge is 0.508 e. The molecule has 3 heteroatoms. The van der Waals surface area contributed by atoms with Gasteiger partial charge in [-0.3, -0.25) is 4.79 Å². The number of carbonyl (C=O) groups is 1. The number of aromatic hydroxyl groups is 1. The van der Waals surface area contributed by atoms with E-state index in [0.29, 0.717) is 12.1 Å². The van der Waals surface area contributed by atoms with Gasteiger partial charge in [0.1, 0.15) is 5.75 Å². The maximum atomic E-state index is 13.4. The average Bonchev–Trinajstić information content (AvgIpc) is 3.07. The number of ketones is 1. The molecular formula is C27H25NO2. The molecule has 1 N–H and O–H groups in total. The van der Waals surface area contributed by atoms with Gasteiger partial charge in [0.2, 0.25) is 0 Å². The van der Waals surface area contributed by atoms with Crippen LogP contribution >= 0.6 is 0 Å². The zero-order valence-corrected chi connectivity index (χ0v) is 17.2. The van der Waals surface area contributed by atoms with Gasteiger partial charge in [-0.2, -0.15) is 0 Å². The molecule has 0 aliphatic carbocycles. The molecular weight excluding hydrogens is 370 g/mol. The van der Waals surface area contributed by atoms with Gasteiger partial charge in [0.25, 0.3) is 0 Å². The third kappa shape index (κ3) is 3.92. The van der Waals surface area contributed by atoms with E-state index in [1.807, 2.05) is 60.7 Å². The summed E-state index contributed by atoms with van der Waals surface area (Å²) in [5, 5.41) is 10.9. The van der Waals surface area contributed by atoms with Crippen molar-refractivity contribution in [2.24, 2.45) is 0 Å². The highest BCUT2D eigenvalue weighted by Gasteiger charge is 2.23. The lowest BCUT2D eigenvalue weighted by Crippen LogP contribution is -2.09. The second kappa shape index (κ2) is 8.42. The van der Waals surface area contributed by atoms with Crippen LogP contribution in [0.25, 0.3) is 17.0 Å². The summed E-state index contributed by atoms with van der Waals surface area (Å²) in [4.78, 5) is 13.4. The van der Waals surface area contributed by atoms with Crippen molar-refractivity contribution in [3.05, 3.63) is 107 Å². The van der Waals surface area contributed by atoms with Gasteiger partial charge in [-0.1, -0.05) is 80.6 Å². The summed E-state index contributed by atoms with van der Waals surface area (Å²) >= 11 is 0. The maximum Gasteiger partial charge on any atom is 0.188 e. The average molecular weight is 396 g/mol. The number of benzene rings is 3. The molecule has 3 nitrogen and oxygen atoms in total. The summed E-state index contributed by atoms with van der Waals surface area (Å²) in [6, 6.07) is 25.3. The Hall–Kier alpha value is -3.59. The molecule has 0 saturated carbocycles. The zero-order chi connectivity index (χ0) is 21.1. The molecule has 0 unspecified atom stereocenters. The van der Waals surface area contributed by atoms with Crippen LogP contribution in [0.1, 0.15) is 46.9 Å². The molecule has 0 fully saturated rings. The third-order valence-corrected chi connectivity index (χ3v) is 5.29. The number of nitrogens with zero attached hydrogens (tertiary/aromatic N) is 1. The summed E-state index contributed by atoms with van der Waals surface area (Å²) < 4.78 is 2.21. The van der Waals surface area contributed by atoms with Gasteiger partial charge in [0, 0.05) is 23.1 Å². The molecule has 0 bridgehead atoms. The maximum absolute atomic E-state index is 13.4. The topological polar surface area (TPSA) is 42.2 Å². The van der Waals surface area contributed by atoms with Crippen molar-refractivity contribution in [1.82, 2.24) is 4.57 Å². The smallest absolute Gasteiger partial charge is 0.188 e. The molecule has 3 aromatic carbocycles. The van der Waals surface area contributed by atoms with Crippen molar-refractivity contribution < 1.29 is 9.90 Å². The molecule has 30 heavy (non-hydrogen) atoms. The van der Waals surface area contributed by atoms with Crippen LogP contribution in [0.5, 0.6) is 5.75 Å². The zero-order valence-electron chi connectivity index (χ0n) is 17.2. The Morgan fingerprint density at radius 3 is 2.30 bits per heavy atom. The Kier molecular flexibility index (Phi) is 5.53. The summed E-state index contributed by atoms with van der Waals surface area (Å²) in [7, 11) is 0. The quantitative estimate of drug-likeness (QED) is 0.302. The summed E-state index contributed by atoms with van der Waals surface area (Å²) in [6.07, 6.45) is 3.47. The Morgan fingerprint density at radius 1 is 0.967 bits per heavy atom. The first kappa shape index (κ1) is 19.7. The van der Waals surface area contributed by atoms with Gasteiger partial charge in [-0.15, -0.1) is 0 Å². The van der Waals surface area contributed by atoms with Gasteiger partial charge in [-0.25, -0.2) is 0 Å². The Balaban J connectivity index is 1.87. The van der Waals surface area contributed by atoms with E-state index in [9.17, 15) is 9.90 Å². The SMILES string of the molecule is CC(C)c1c(C(=O)C=Cc2ccccc2)c2cc(O)ccc2n1Cc1ccccc1. The fraction of sp³-hybridized carbons (Fsp3) is 0.148. The fourth-order valence-electron chi connectivity index (χ4n) is 3.98. The van der Waals surface area contributed by atoms with E-state index in [-0.39, 0.29) is 17.5 Å². The first-order valence-electron chi connectivity index (χ1n) is 10.2. The van der Waals surface area contributed by atoms with Crippen molar-refractivity contribution in [1.29, 1.82) is 0 Å². The van der Waals surface area contributed by atoms with Gasteiger partial charge < -0.3 is 9.67 Å². The van der Waals surface area contributed by atoms with Gasteiger partial charge in [0.05, 0.1) is 5.56 Å². The van der Waals surface area contributed by atoms with E-state index in [1.54, 1.807) is 18.2 Å². The minimum Gasteiger partial charge on any atom is -0.508 e. The molecule has 150 valence electrons. The molecule has 0 spiro atoms. The van der Waals surface area contributed by atoms with Crippen LogP contribution in [-0.2, 0) is 6.54 Å². The fourth-order valence-corrected chi connectivity index (χ4v) is 3.98. The number of hydrogen-bond donors (Lipinski definition) is 1. The second-order valence-electron chi connectivity index (χ2n) is 7.80. The van der Waals surface area contributed by atoms with Crippen LogP contribution in [0.3, 0.4) is 0 Å². The van der Waals surface area contributed by atoms with E-state index in [2.05, 4.69) is 30.5 Å². The van der Waals surface area contributed by atoms with Crippen molar-refractivity contribution >= 4 is 22.8 Å². The standard InChI is InChI=1S/C27H25NO2/c1-19(2)27-26(25(30)16-13-20-9-5-3-6-10-20)23-17-22(29)14-15-24(23)28(27)18-21-11-7-4-8-12-21/h3-17,19,29H,18H2,1-2H3. The first-order valence-corrected chi connectivity index (χ1v) is 10.2. The molecule has 0 aliphatic heterocycles. The molecule has 4 aromatic rings. The monoisotopic (exact) mass is 395 g/mol. The van der Waals surface area contributed by atoms with Gasteiger partial charge >= 0.3 is 0 Å². The molecule has 0 amide bonds. The molecule has 0 saturated heterocycles. The van der Waals surface area contributed by atoms with Crippen LogP contribution in [0, 0.1) is 0 Å². The van der Waals surface area contributed by atoms with Crippen LogP contribution in [0.4, 0.5) is 0 Å². The Labute approximate surface area is 176 Å². The number of rotatable bonds is 6. The number of fused-ring (bicyclic) bond motifs is 1. The third-order valence-electron chi connectivity index (χ3n) is 5.29. The van der Waals surface area contributed by atoms with Crippen molar-refractivity contribution in [2.45, 2.75) is 26.3 Å². The summed E-state index contributed by atoms with van der Waals surface area (Å²) in [5.41, 5.74) is 4.76. The number of phenols is 1. The van der Waals surface area contributed by atoms with Crippen LogP contribution < -0.4 is 0 Å². The summed E-state index contributed by atoms with van der Waals surface area (Å²) in [5.74, 6) is 0.257. The highest BCUT2D eigenvalue weighted by atomic mass is 16.3. The molecule has 1 heterocycles. The minimum absolute atomic E-state index is 0.0510. The second-order valence-corrected chi connectivity index (χ2v) is 7.80. The normalized spacial score (nSPS) is 11.6. The van der Waals surface area contributed by atoms with Gasteiger partial charge in [-0.05, 0) is 41.3 Å². The van der Waals surface area contributed by atoms with E-state index in [0.717, 1.165) is 22.2 Å². The number of hydrogen-bond acceptors (Lipinski definition) is 2. The predicted octanol–water partition coefficient (Wildman–Crippen LogP) is 6.41. The highest BCUT2D eigenvalue weighted by Crippen LogP contribution is 2.34. The van der Waals surface area contributed by atoms with Crippen molar-refractivity contribution in [3.63, 3.8) is 0 Å². The lowest BCUT2D eigenvalue weighted by molar-refractivity contribution is 0.104. The Bertz CT molecular complexity index is 1200. The Morgan fingerprint density at radius 2 is 1.63 bits per heavy atom. The number of carbonyl (C=O) groups excluding carboxylic acids is 1. The van der Waals surface area contributed by atoms with Crippen molar-refractivity contribution in [3.8, 4) is 5.75 Å². The molecule has 1 aromatic heterocycles. The van der Waals surface area contributed by atoms with Crippen molar-refractivity contribution in [2.75, 3.05) is 0 Å². The number of phenolic OH excluding ortho intramolecular Hbond substituents is 1. The minimum atomic E-state index is -0.0510. The van der Waals surface area contributed by atoms with E-state index >= 15 is 0 Å².